The Balaban J connectivity index is 2.35. The Morgan fingerprint density at radius 1 is 0.708 bits per heavy atom. The standard InChI is InChI=1S/C22H21NO/c1-2-18-23(24)22(19-12-6-3-7-13-19,20-14-8-4-9-15-20)21-16-10-5-11-17-21/h2-17,24H,1,18H2. The van der Waals surface area contributed by atoms with E-state index in [1.807, 2.05) is 91.0 Å². The number of benzene rings is 3. The maximum Gasteiger partial charge on any atom is 0.121 e. The molecule has 0 unspecified atom stereocenters. The van der Waals surface area contributed by atoms with Crippen molar-refractivity contribution < 1.29 is 5.21 Å². The van der Waals surface area contributed by atoms with Gasteiger partial charge in [0.05, 0.1) is 0 Å². The molecule has 0 saturated carbocycles. The van der Waals surface area contributed by atoms with Crippen LogP contribution < -0.4 is 0 Å². The van der Waals surface area contributed by atoms with Gasteiger partial charge in [-0.2, -0.15) is 5.06 Å². The molecule has 0 aromatic heterocycles. The number of hydrogen-bond acceptors (Lipinski definition) is 2. The molecule has 0 bridgehead atoms. The second kappa shape index (κ2) is 7.26. The first-order valence-corrected chi connectivity index (χ1v) is 8.04. The van der Waals surface area contributed by atoms with Crippen LogP contribution >= 0.6 is 0 Å². The molecule has 120 valence electrons. The fourth-order valence-electron chi connectivity index (χ4n) is 3.24. The molecule has 0 aliphatic rings. The van der Waals surface area contributed by atoms with Gasteiger partial charge in [-0.05, 0) is 16.7 Å². The van der Waals surface area contributed by atoms with E-state index in [4.69, 9.17) is 0 Å². The maximum absolute atomic E-state index is 11.1. The largest absolute Gasteiger partial charge is 0.312 e. The first kappa shape index (κ1) is 16.2. The summed E-state index contributed by atoms with van der Waals surface area (Å²) >= 11 is 0. The van der Waals surface area contributed by atoms with Crippen LogP contribution in [-0.4, -0.2) is 16.8 Å². The topological polar surface area (TPSA) is 23.5 Å². The van der Waals surface area contributed by atoms with Crippen molar-refractivity contribution >= 4 is 0 Å². The zero-order chi connectivity index (χ0) is 16.8. The lowest BCUT2D eigenvalue weighted by Gasteiger charge is -2.41. The van der Waals surface area contributed by atoms with Crippen LogP contribution in [0.15, 0.2) is 104 Å². The Bertz CT molecular complexity index is 672. The monoisotopic (exact) mass is 315 g/mol. The van der Waals surface area contributed by atoms with Gasteiger partial charge in [0.2, 0.25) is 0 Å². The smallest absolute Gasteiger partial charge is 0.121 e. The first-order valence-electron chi connectivity index (χ1n) is 8.04. The van der Waals surface area contributed by atoms with Crippen molar-refractivity contribution in [1.29, 1.82) is 0 Å². The minimum atomic E-state index is -0.794. The van der Waals surface area contributed by atoms with E-state index >= 15 is 0 Å². The summed E-state index contributed by atoms with van der Waals surface area (Å²) < 4.78 is 0. The van der Waals surface area contributed by atoms with Crippen molar-refractivity contribution in [2.75, 3.05) is 6.54 Å². The molecule has 0 amide bonds. The van der Waals surface area contributed by atoms with Crippen LogP contribution in [0.25, 0.3) is 0 Å². The molecule has 3 rings (SSSR count). The van der Waals surface area contributed by atoms with Gasteiger partial charge in [-0.25, -0.2) is 0 Å². The van der Waals surface area contributed by atoms with E-state index in [1.165, 1.54) is 5.06 Å². The molecule has 0 saturated heterocycles. The van der Waals surface area contributed by atoms with Gasteiger partial charge in [0, 0.05) is 6.54 Å². The molecule has 2 nitrogen and oxygen atoms in total. The van der Waals surface area contributed by atoms with Crippen molar-refractivity contribution in [2.45, 2.75) is 5.54 Å². The quantitative estimate of drug-likeness (QED) is 0.399. The SMILES string of the molecule is C=CCN(O)C(c1ccccc1)(c1ccccc1)c1ccccc1. The Kier molecular flexibility index (Phi) is 4.90. The third-order valence-electron chi connectivity index (χ3n) is 4.26. The molecule has 0 radical (unpaired) electrons. The van der Waals surface area contributed by atoms with Gasteiger partial charge >= 0.3 is 0 Å². The number of hydrogen-bond donors (Lipinski definition) is 1. The summed E-state index contributed by atoms with van der Waals surface area (Å²) in [7, 11) is 0. The van der Waals surface area contributed by atoms with E-state index in [1.54, 1.807) is 6.08 Å². The number of hydroxylamine groups is 2. The summed E-state index contributed by atoms with van der Waals surface area (Å²) in [5, 5.41) is 12.4. The van der Waals surface area contributed by atoms with Crippen LogP contribution in [0, 0.1) is 0 Å². The molecule has 3 aromatic carbocycles. The molecule has 0 spiro atoms. The lowest BCUT2D eigenvalue weighted by atomic mass is 9.76. The number of rotatable bonds is 6. The summed E-state index contributed by atoms with van der Waals surface area (Å²) in [4.78, 5) is 0. The van der Waals surface area contributed by atoms with E-state index in [0.29, 0.717) is 6.54 Å². The highest BCUT2D eigenvalue weighted by molar-refractivity contribution is 5.49. The van der Waals surface area contributed by atoms with Crippen LogP contribution in [0.4, 0.5) is 0 Å². The highest BCUT2D eigenvalue weighted by atomic mass is 16.5. The molecule has 24 heavy (non-hydrogen) atoms. The highest BCUT2D eigenvalue weighted by Crippen LogP contribution is 2.41. The lowest BCUT2D eigenvalue weighted by Crippen LogP contribution is -2.46. The van der Waals surface area contributed by atoms with Gasteiger partial charge in [0.25, 0.3) is 0 Å². The zero-order valence-corrected chi connectivity index (χ0v) is 13.5. The van der Waals surface area contributed by atoms with Crippen LogP contribution in [0.3, 0.4) is 0 Å². The third kappa shape index (κ3) is 2.78. The normalized spacial score (nSPS) is 11.4. The number of nitrogens with zero attached hydrogens (tertiary/aromatic N) is 1. The molecular weight excluding hydrogens is 294 g/mol. The molecule has 0 fully saturated rings. The van der Waals surface area contributed by atoms with Crippen LogP contribution in [-0.2, 0) is 5.54 Å². The van der Waals surface area contributed by atoms with Crippen LogP contribution in [0.5, 0.6) is 0 Å². The molecule has 0 atom stereocenters. The molecule has 2 heteroatoms. The summed E-state index contributed by atoms with van der Waals surface area (Å²) in [6.07, 6.45) is 1.71. The Hall–Kier alpha value is -2.68. The van der Waals surface area contributed by atoms with Gasteiger partial charge in [0.15, 0.2) is 0 Å². The minimum absolute atomic E-state index is 0.346. The second-order valence-corrected chi connectivity index (χ2v) is 5.68. The summed E-state index contributed by atoms with van der Waals surface area (Å²) in [6, 6.07) is 30.2. The Morgan fingerprint density at radius 3 is 1.33 bits per heavy atom. The van der Waals surface area contributed by atoms with E-state index in [-0.39, 0.29) is 0 Å². The van der Waals surface area contributed by atoms with Crippen molar-refractivity contribution in [2.24, 2.45) is 0 Å². The van der Waals surface area contributed by atoms with Crippen molar-refractivity contribution in [3.05, 3.63) is 120 Å². The minimum Gasteiger partial charge on any atom is -0.312 e. The molecule has 3 aromatic rings. The summed E-state index contributed by atoms with van der Waals surface area (Å²) in [5.41, 5.74) is 2.23. The van der Waals surface area contributed by atoms with Gasteiger partial charge < -0.3 is 5.21 Å². The molecule has 1 N–H and O–H groups in total. The molecular formula is C22H21NO. The molecule has 0 aliphatic carbocycles. The molecule has 0 heterocycles. The zero-order valence-electron chi connectivity index (χ0n) is 13.5. The van der Waals surface area contributed by atoms with Crippen molar-refractivity contribution in [1.82, 2.24) is 5.06 Å². The van der Waals surface area contributed by atoms with E-state index in [9.17, 15) is 5.21 Å². The van der Waals surface area contributed by atoms with Gasteiger partial charge in [-0.15, -0.1) is 6.58 Å². The average Bonchev–Trinajstić information content (AvgIpc) is 2.65. The molecule has 0 aliphatic heterocycles. The van der Waals surface area contributed by atoms with E-state index < -0.39 is 5.54 Å². The predicted octanol–water partition coefficient (Wildman–Crippen LogP) is 4.86. The van der Waals surface area contributed by atoms with E-state index in [2.05, 4.69) is 6.58 Å². The second-order valence-electron chi connectivity index (χ2n) is 5.68. The summed E-state index contributed by atoms with van der Waals surface area (Å²) in [5.74, 6) is 0. The van der Waals surface area contributed by atoms with Crippen molar-refractivity contribution in [3.8, 4) is 0 Å². The van der Waals surface area contributed by atoms with Gasteiger partial charge in [-0.3, -0.25) is 0 Å². The average molecular weight is 315 g/mol. The first-order chi connectivity index (χ1) is 11.8. The fraction of sp³-hybridized carbons (Fsp3) is 0.0909. The Morgan fingerprint density at radius 2 is 1.04 bits per heavy atom. The lowest BCUT2D eigenvalue weighted by molar-refractivity contribution is -0.139. The van der Waals surface area contributed by atoms with E-state index in [0.717, 1.165) is 16.7 Å². The predicted molar refractivity (Wildman–Crippen MR) is 97.9 cm³/mol. The highest BCUT2D eigenvalue weighted by Gasteiger charge is 2.41. The van der Waals surface area contributed by atoms with Crippen LogP contribution in [0.1, 0.15) is 16.7 Å². The van der Waals surface area contributed by atoms with Gasteiger partial charge in [-0.1, -0.05) is 97.1 Å². The van der Waals surface area contributed by atoms with Gasteiger partial charge in [0.1, 0.15) is 5.54 Å². The third-order valence-corrected chi connectivity index (χ3v) is 4.26. The maximum atomic E-state index is 11.1. The summed E-state index contributed by atoms with van der Waals surface area (Å²) in [6.45, 7) is 4.14. The van der Waals surface area contributed by atoms with Crippen molar-refractivity contribution in [3.63, 3.8) is 0 Å². The fourth-order valence-corrected chi connectivity index (χ4v) is 3.24. The van der Waals surface area contributed by atoms with Crippen LogP contribution in [0.2, 0.25) is 0 Å². The Labute approximate surface area is 143 Å².